The molecule has 136 valence electrons. The van der Waals surface area contributed by atoms with E-state index >= 15 is 0 Å². The third-order valence-electron chi connectivity index (χ3n) is 3.69. The number of ether oxygens (including phenoxy) is 2. The van der Waals surface area contributed by atoms with Gasteiger partial charge in [-0.05, 0) is 18.2 Å². The van der Waals surface area contributed by atoms with Crippen molar-refractivity contribution in [3.63, 3.8) is 0 Å². The van der Waals surface area contributed by atoms with Gasteiger partial charge in [-0.15, -0.1) is 0 Å². The molecule has 0 bridgehead atoms. The SMILES string of the molecule is O=C(NCCNc1ccccc1[N+](=O)[O-])c1cc(Cl)c2c(c1)OCCO2. The molecule has 0 saturated carbocycles. The van der Waals surface area contributed by atoms with E-state index in [1.165, 1.54) is 12.1 Å². The van der Waals surface area contributed by atoms with Gasteiger partial charge in [0, 0.05) is 24.7 Å². The van der Waals surface area contributed by atoms with E-state index in [4.69, 9.17) is 21.1 Å². The van der Waals surface area contributed by atoms with Crippen molar-refractivity contribution in [2.24, 2.45) is 0 Å². The highest BCUT2D eigenvalue weighted by Crippen LogP contribution is 2.38. The van der Waals surface area contributed by atoms with Gasteiger partial charge in [0.05, 0.1) is 9.95 Å². The number of carbonyl (C=O) groups excluding carboxylic acids is 1. The first-order valence-corrected chi connectivity index (χ1v) is 8.28. The van der Waals surface area contributed by atoms with Crippen LogP contribution in [0.2, 0.25) is 5.02 Å². The maximum Gasteiger partial charge on any atom is 0.292 e. The highest BCUT2D eigenvalue weighted by atomic mass is 35.5. The molecule has 26 heavy (non-hydrogen) atoms. The van der Waals surface area contributed by atoms with Crippen molar-refractivity contribution < 1.29 is 19.2 Å². The van der Waals surface area contributed by atoms with Gasteiger partial charge in [0.15, 0.2) is 11.5 Å². The Morgan fingerprint density at radius 3 is 2.77 bits per heavy atom. The van der Waals surface area contributed by atoms with E-state index in [1.54, 1.807) is 24.3 Å². The van der Waals surface area contributed by atoms with Crippen molar-refractivity contribution >= 4 is 28.9 Å². The minimum absolute atomic E-state index is 0.0163. The molecular weight excluding hydrogens is 362 g/mol. The standard InChI is InChI=1S/C17H16ClN3O5/c18-12-9-11(10-15-16(12)26-8-7-25-15)17(22)20-6-5-19-13-3-1-2-4-14(13)21(23)24/h1-4,9-10,19H,5-8H2,(H,20,22). The van der Waals surface area contributed by atoms with Crippen LogP contribution in [0.5, 0.6) is 11.5 Å². The van der Waals surface area contributed by atoms with Crippen LogP contribution in [-0.4, -0.2) is 37.1 Å². The Bertz CT molecular complexity index is 843. The van der Waals surface area contributed by atoms with Crippen molar-refractivity contribution in [1.29, 1.82) is 0 Å². The van der Waals surface area contributed by atoms with E-state index in [0.717, 1.165) is 0 Å². The topological polar surface area (TPSA) is 103 Å². The van der Waals surface area contributed by atoms with Crippen molar-refractivity contribution in [2.75, 3.05) is 31.6 Å². The summed E-state index contributed by atoms with van der Waals surface area (Å²) in [4.78, 5) is 22.8. The van der Waals surface area contributed by atoms with Crippen LogP contribution in [0.4, 0.5) is 11.4 Å². The quantitative estimate of drug-likeness (QED) is 0.456. The summed E-state index contributed by atoms with van der Waals surface area (Å²) in [5.41, 5.74) is 0.733. The molecule has 9 heteroatoms. The first-order valence-electron chi connectivity index (χ1n) is 7.91. The number of nitrogens with zero attached hydrogens (tertiary/aromatic N) is 1. The van der Waals surface area contributed by atoms with Crippen molar-refractivity contribution in [3.05, 3.63) is 57.1 Å². The van der Waals surface area contributed by atoms with Gasteiger partial charge in [0.25, 0.3) is 11.6 Å². The number of nitro benzene ring substituents is 1. The van der Waals surface area contributed by atoms with Crippen molar-refractivity contribution in [2.45, 2.75) is 0 Å². The Balaban J connectivity index is 1.57. The molecule has 1 amide bonds. The summed E-state index contributed by atoms with van der Waals surface area (Å²) < 4.78 is 10.9. The zero-order valence-electron chi connectivity index (χ0n) is 13.7. The molecule has 0 unspecified atom stereocenters. The Labute approximate surface area is 154 Å². The van der Waals surface area contributed by atoms with Gasteiger partial charge in [-0.2, -0.15) is 0 Å². The van der Waals surface area contributed by atoms with Crippen molar-refractivity contribution in [3.8, 4) is 11.5 Å². The van der Waals surface area contributed by atoms with Crippen LogP contribution in [-0.2, 0) is 0 Å². The van der Waals surface area contributed by atoms with Crippen LogP contribution < -0.4 is 20.1 Å². The first-order chi connectivity index (χ1) is 12.6. The second-order valence-electron chi connectivity index (χ2n) is 5.44. The van der Waals surface area contributed by atoms with Crippen molar-refractivity contribution in [1.82, 2.24) is 5.32 Å². The highest BCUT2D eigenvalue weighted by molar-refractivity contribution is 6.32. The molecule has 0 fully saturated rings. The average molecular weight is 378 g/mol. The van der Waals surface area contributed by atoms with Gasteiger partial charge in [0.1, 0.15) is 18.9 Å². The molecule has 0 aromatic heterocycles. The number of para-hydroxylation sites is 2. The number of halogens is 1. The van der Waals surface area contributed by atoms with Crippen LogP contribution in [0.3, 0.4) is 0 Å². The number of nitrogens with one attached hydrogen (secondary N) is 2. The van der Waals surface area contributed by atoms with Gasteiger partial charge >= 0.3 is 0 Å². The van der Waals surface area contributed by atoms with Crippen LogP contribution in [0, 0.1) is 10.1 Å². The summed E-state index contributed by atoms with van der Waals surface area (Å²) >= 11 is 6.12. The van der Waals surface area contributed by atoms with Crippen LogP contribution in [0.1, 0.15) is 10.4 Å². The Kier molecular flexibility index (Phi) is 5.43. The van der Waals surface area contributed by atoms with E-state index in [0.29, 0.717) is 47.5 Å². The molecule has 2 aromatic carbocycles. The Morgan fingerprint density at radius 2 is 1.96 bits per heavy atom. The van der Waals surface area contributed by atoms with E-state index in [1.807, 2.05) is 0 Å². The molecule has 0 aliphatic carbocycles. The lowest BCUT2D eigenvalue weighted by Crippen LogP contribution is -2.29. The average Bonchev–Trinajstić information content (AvgIpc) is 2.65. The van der Waals surface area contributed by atoms with Gasteiger partial charge in [-0.1, -0.05) is 23.7 Å². The number of rotatable bonds is 6. The fourth-order valence-electron chi connectivity index (χ4n) is 2.50. The third kappa shape index (κ3) is 3.97. The van der Waals surface area contributed by atoms with E-state index in [-0.39, 0.29) is 18.1 Å². The normalized spacial score (nSPS) is 12.3. The zero-order chi connectivity index (χ0) is 18.5. The molecule has 0 radical (unpaired) electrons. The van der Waals surface area contributed by atoms with Gasteiger partial charge < -0.3 is 20.1 Å². The largest absolute Gasteiger partial charge is 0.486 e. The lowest BCUT2D eigenvalue weighted by molar-refractivity contribution is -0.384. The predicted octanol–water partition coefficient (Wildman–Crippen LogP) is 2.86. The lowest BCUT2D eigenvalue weighted by atomic mass is 10.1. The van der Waals surface area contributed by atoms with Gasteiger partial charge in [0.2, 0.25) is 0 Å². The zero-order valence-corrected chi connectivity index (χ0v) is 14.4. The highest BCUT2D eigenvalue weighted by Gasteiger charge is 2.19. The molecule has 1 heterocycles. The maximum atomic E-state index is 12.3. The molecule has 8 nitrogen and oxygen atoms in total. The number of amides is 1. The minimum Gasteiger partial charge on any atom is -0.486 e. The smallest absolute Gasteiger partial charge is 0.292 e. The summed E-state index contributed by atoms with van der Waals surface area (Å²) in [7, 11) is 0. The number of hydrogen-bond acceptors (Lipinski definition) is 6. The molecule has 2 aromatic rings. The Morgan fingerprint density at radius 1 is 1.19 bits per heavy atom. The molecular formula is C17H16ClN3O5. The predicted molar refractivity (Wildman–Crippen MR) is 96.4 cm³/mol. The lowest BCUT2D eigenvalue weighted by Gasteiger charge is -2.20. The molecule has 0 atom stereocenters. The number of nitro groups is 1. The monoisotopic (exact) mass is 377 g/mol. The molecule has 0 spiro atoms. The van der Waals surface area contributed by atoms with Gasteiger partial charge in [-0.25, -0.2) is 0 Å². The van der Waals surface area contributed by atoms with E-state index < -0.39 is 4.92 Å². The molecule has 2 N–H and O–H groups in total. The van der Waals surface area contributed by atoms with Gasteiger partial charge in [-0.3, -0.25) is 14.9 Å². The first kappa shape index (κ1) is 17.8. The molecule has 0 saturated heterocycles. The van der Waals surface area contributed by atoms with Crippen LogP contribution in [0.25, 0.3) is 0 Å². The molecule has 1 aliphatic rings. The maximum absolute atomic E-state index is 12.3. The Hall–Kier alpha value is -3.00. The molecule has 3 rings (SSSR count). The summed E-state index contributed by atoms with van der Waals surface area (Å²) in [5.74, 6) is 0.549. The molecule has 1 aliphatic heterocycles. The van der Waals surface area contributed by atoms with Crippen LogP contribution in [0.15, 0.2) is 36.4 Å². The number of anilines is 1. The number of hydrogen-bond donors (Lipinski definition) is 2. The summed E-state index contributed by atoms with van der Waals surface area (Å²) in [6.07, 6.45) is 0. The minimum atomic E-state index is -0.460. The fraction of sp³-hybridized carbons (Fsp3) is 0.235. The third-order valence-corrected chi connectivity index (χ3v) is 3.97. The number of benzene rings is 2. The second-order valence-corrected chi connectivity index (χ2v) is 5.85. The summed E-state index contributed by atoms with van der Waals surface area (Å²) in [6.45, 7) is 1.41. The number of fused-ring (bicyclic) bond motifs is 1. The van der Waals surface area contributed by atoms with Crippen LogP contribution >= 0.6 is 11.6 Å². The second kappa shape index (κ2) is 7.92. The summed E-state index contributed by atoms with van der Waals surface area (Å²) in [6, 6.07) is 9.41. The summed E-state index contributed by atoms with van der Waals surface area (Å²) in [5, 5.41) is 16.9. The van der Waals surface area contributed by atoms with E-state index in [9.17, 15) is 14.9 Å². The number of carbonyl (C=O) groups is 1. The fourth-order valence-corrected chi connectivity index (χ4v) is 2.76. The van der Waals surface area contributed by atoms with E-state index in [2.05, 4.69) is 10.6 Å².